The van der Waals surface area contributed by atoms with Crippen molar-refractivity contribution in [1.82, 2.24) is 0 Å². The molecule has 0 fully saturated rings. The van der Waals surface area contributed by atoms with Crippen LogP contribution in [0.3, 0.4) is 0 Å². The first-order valence-corrected chi connectivity index (χ1v) is 16.1. The van der Waals surface area contributed by atoms with E-state index in [2.05, 4.69) is 116 Å². The molecule has 4 heterocycles. The second-order valence-electron chi connectivity index (χ2n) is 10.5. The Morgan fingerprint density at radius 3 is 2.24 bits per heavy atom. The summed E-state index contributed by atoms with van der Waals surface area (Å²) in [4.78, 5) is 10.1. The number of rotatable bonds is 0. The summed E-state index contributed by atoms with van der Waals surface area (Å²) in [6, 6.07) is 30.1. The first-order valence-electron chi connectivity index (χ1n) is 12.8. The van der Waals surface area contributed by atoms with Crippen LogP contribution < -0.4 is 27.3 Å². The third-order valence-electron chi connectivity index (χ3n) is 8.72. The van der Waals surface area contributed by atoms with Crippen LogP contribution in [-0.2, 0) is 0 Å². The van der Waals surface area contributed by atoms with E-state index in [9.17, 15) is 0 Å². The zero-order valence-electron chi connectivity index (χ0n) is 20.1. The Bertz CT molecular complexity index is 1740. The number of hydrogen-bond donors (Lipinski definition) is 0. The molecule has 0 amide bonds. The van der Waals surface area contributed by atoms with Gasteiger partial charge in [-0.3, -0.25) is 0 Å². The molecule has 0 spiro atoms. The molecule has 174 valence electrons. The number of hydrogen-bond acceptors (Lipinski definition) is 4. The first-order chi connectivity index (χ1) is 18.2. The van der Waals surface area contributed by atoms with Crippen LogP contribution in [0.25, 0.3) is 0 Å². The Morgan fingerprint density at radius 2 is 1.38 bits per heavy atom. The summed E-state index contributed by atoms with van der Waals surface area (Å²) in [5, 5.41) is 0.506. The highest BCUT2D eigenvalue weighted by molar-refractivity contribution is 8.04. The predicted molar refractivity (Wildman–Crippen MR) is 165 cm³/mol. The van der Waals surface area contributed by atoms with Crippen molar-refractivity contribution < 1.29 is 0 Å². The lowest BCUT2D eigenvalue weighted by Gasteiger charge is -2.51. The molecule has 5 aliphatic rings. The fraction of sp³-hybridized carbons (Fsp3) is 0.0968. The minimum atomic E-state index is 0.0591. The van der Waals surface area contributed by atoms with Gasteiger partial charge in [-0.15, -0.1) is 11.8 Å². The number of benzene rings is 4. The van der Waals surface area contributed by atoms with E-state index >= 15 is 0 Å². The van der Waals surface area contributed by atoms with Crippen LogP contribution in [-0.4, -0.2) is 18.7 Å². The summed E-state index contributed by atoms with van der Waals surface area (Å²) in [6.07, 6.45) is 7.12. The molecule has 0 saturated heterocycles. The van der Waals surface area contributed by atoms with Gasteiger partial charge in [-0.05, 0) is 46.2 Å². The van der Waals surface area contributed by atoms with Crippen molar-refractivity contribution in [1.29, 1.82) is 0 Å². The molecule has 0 radical (unpaired) electrons. The lowest BCUT2D eigenvalue weighted by molar-refractivity contribution is 0.742. The van der Waals surface area contributed by atoms with Crippen molar-refractivity contribution in [3.8, 4) is 0 Å². The minimum absolute atomic E-state index is 0.0591. The molecule has 4 aromatic carbocycles. The lowest BCUT2D eigenvalue weighted by Crippen LogP contribution is -2.64. The molecule has 9 rings (SSSR count). The van der Waals surface area contributed by atoms with E-state index in [4.69, 9.17) is 0 Å². The molecular weight excluding hydrogens is 522 g/mol. The van der Waals surface area contributed by atoms with Crippen LogP contribution in [0.5, 0.6) is 0 Å². The van der Waals surface area contributed by atoms with E-state index in [0.29, 0.717) is 18.7 Å². The largest absolute Gasteiger partial charge is 0.247 e. The topological polar surface area (TPSA) is 0 Å². The van der Waals surface area contributed by atoms with Crippen molar-refractivity contribution in [2.24, 2.45) is 0 Å². The number of allylic oxidation sites excluding steroid dienone is 3. The van der Waals surface area contributed by atoms with Crippen molar-refractivity contribution in [2.75, 3.05) is 0 Å². The summed E-state index contributed by atoms with van der Waals surface area (Å²) >= 11 is 8.03. The SMILES string of the molecule is CC12B3c4ccccc4SC1=CC=CC2Sc1ccc2c(c13)Sc1cccc3c1B2c1ccccc1S3. The molecule has 37 heavy (non-hydrogen) atoms. The molecule has 0 aromatic heterocycles. The van der Waals surface area contributed by atoms with E-state index in [1.54, 1.807) is 5.46 Å². The van der Waals surface area contributed by atoms with E-state index < -0.39 is 0 Å². The van der Waals surface area contributed by atoms with Crippen LogP contribution in [0.15, 0.2) is 131 Å². The second-order valence-corrected chi connectivity index (χ2v) is 15.0. The van der Waals surface area contributed by atoms with Crippen LogP contribution in [0, 0.1) is 0 Å². The Balaban J connectivity index is 1.36. The Labute approximate surface area is 235 Å². The van der Waals surface area contributed by atoms with Gasteiger partial charge in [0, 0.05) is 39.9 Å². The fourth-order valence-corrected chi connectivity index (χ4v) is 12.5. The minimum Gasteiger partial charge on any atom is -0.119 e. The fourth-order valence-electron chi connectivity index (χ4n) is 7.04. The second kappa shape index (κ2) is 7.72. The van der Waals surface area contributed by atoms with Crippen LogP contribution in [0.1, 0.15) is 6.92 Å². The molecule has 0 bridgehead atoms. The van der Waals surface area contributed by atoms with Crippen molar-refractivity contribution in [3.63, 3.8) is 0 Å². The van der Waals surface area contributed by atoms with Gasteiger partial charge in [0.2, 0.25) is 13.4 Å². The average Bonchev–Trinajstić information content (AvgIpc) is 2.92. The monoisotopic (exact) mass is 542 g/mol. The maximum atomic E-state index is 2.53. The summed E-state index contributed by atoms with van der Waals surface area (Å²) in [5.41, 5.74) is 7.53. The molecule has 2 unspecified atom stereocenters. The van der Waals surface area contributed by atoms with Crippen LogP contribution in [0.4, 0.5) is 0 Å². The van der Waals surface area contributed by atoms with Gasteiger partial charge >= 0.3 is 0 Å². The molecule has 4 aromatic rings. The van der Waals surface area contributed by atoms with Crippen molar-refractivity contribution in [3.05, 3.63) is 102 Å². The highest BCUT2D eigenvalue weighted by Gasteiger charge is 2.56. The van der Waals surface area contributed by atoms with Crippen LogP contribution in [0.2, 0.25) is 5.31 Å². The Kier molecular flexibility index (Phi) is 4.55. The van der Waals surface area contributed by atoms with E-state index in [0.717, 1.165) is 0 Å². The van der Waals surface area contributed by atoms with Gasteiger partial charge in [-0.1, -0.05) is 125 Å². The summed E-state index contributed by atoms with van der Waals surface area (Å²) in [7, 11) is 0. The van der Waals surface area contributed by atoms with Crippen molar-refractivity contribution >= 4 is 87.8 Å². The highest BCUT2D eigenvalue weighted by Crippen LogP contribution is 2.61. The Hall–Kier alpha value is -2.11. The molecular formula is C31H20B2S4. The van der Waals surface area contributed by atoms with Gasteiger partial charge in [0.05, 0.1) is 0 Å². The third-order valence-corrected chi connectivity index (χ3v) is 14.0. The molecule has 4 aliphatic heterocycles. The maximum absolute atomic E-state index is 2.53. The molecule has 6 heteroatoms. The van der Waals surface area contributed by atoms with E-state index in [1.807, 2.05) is 35.3 Å². The first kappa shape index (κ1) is 21.8. The molecule has 2 atom stereocenters. The normalized spacial score (nSPS) is 23.2. The number of thioether (sulfide) groups is 2. The van der Waals surface area contributed by atoms with E-state index in [1.165, 1.54) is 56.1 Å². The summed E-state index contributed by atoms with van der Waals surface area (Å²) in [6.45, 7) is 3.18. The zero-order valence-corrected chi connectivity index (χ0v) is 23.4. The smallest absolute Gasteiger partial charge is 0.119 e. The predicted octanol–water partition coefficient (Wildman–Crippen LogP) is 5.54. The van der Waals surface area contributed by atoms with Gasteiger partial charge in [0.15, 0.2) is 0 Å². The van der Waals surface area contributed by atoms with Gasteiger partial charge in [0.1, 0.15) is 0 Å². The molecule has 0 saturated carbocycles. The molecule has 1 aliphatic carbocycles. The lowest BCUT2D eigenvalue weighted by atomic mass is 9.25. The summed E-state index contributed by atoms with van der Waals surface area (Å²) in [5.74, 6) is 0. The summed E-state index contributed by atoms with van der Waals surface area (Å²) < 4.78 is 0. The highest BCUT2D eigenvalue weighted by atomic mass is 32.2. The van der Waals surface area contributed by atoms with Gasteiger partial charge in [0.25, 0.3) is 0 Å². The number of fused-ring (bicyclic) bond motifs is 9. The quantitative estimate of drug-likeness (QED) is 0.231. The molecule has 0 nitrogen and oxygen atoms in total. The Morgan fingerprint density at radius 1 is 0.649 bits per heavy atom. The standard InChI is InChI=1S/C31H20B2S4/c1-31-26-14-7-15-27(31)36-25-17-16-20-30(29(25)33(31)19-9-3-5-11-22(19)35-26)37-24-13-6-12-23-28(24)32(20)18-8-2-4-10-21(18)34-23/h2-17,27H,1H3. The van der Waals surface area contributed by atoms with Gasteiger partial charge in [-0.2, -0.15) is 0 Å². The van der Waals surface area contributed by atoms with Gasteiger partial charge < -0.3 is 0 Å². The van der Waals surface area contributed by atoms with Crippen LogP contribution >= 0.6 is 47.0 Å². The van der Waals surface area contributed by atoms with Gasteiger partial charge in [-0.25, -0.2) is 0 Å². The zero-order chi connectivity index (χ0) is 24.3. The molecule has 0 N–H and O–H groups in total. The van der Waals surface area contributed by atoms with E-state index in [-0.39, 0.29) is 5.31 Å². The average molecular weight is 542 g/mol. The third kappa shape index (κ3) is 2.80. The maximum Gasteiger partial charge on any atom is 0.247 e. The van der Waals surface area contributed by atoms with Crippen molar-refractivity contribution in [2.45, 2.75) is 46.9 Å².